The van der Waals surface area contributed by atoms with Crippen LogP contribution in [-0.2, 0) is 6.54 Å². The maximum atomic E-state index is 12.5. The number of urea groups is 1. The molecule has 1 atom stereocenters. The zero-order valence-corrected chi connectivity index (χ0v) is 14.6. The molecule has 0 aliphatic rings. The van der Waals surface area contributed by atoms with Crippen LogP contribution < -0.4 is 5.32 Å². The number of aryl methyl sites for hydroxylation is 2. The standard InChI is InChI=1S/C17H23N3O2S/c1-12-4-6-15(7-5-12)10-20(8-9-21)17(22)19-14(3)16-18-13(2)11-23-16/h4-7,11,14,21H,8-10H2,1-3H3,(H,19,22)/t14-/m0/s1. The van der Waals surface area contributed by atoms with E-state index in [4.69, 9.17) is 0 Å². The van der Waals surface area contributed by atoms with Crippen LogP contribution in [0.3, 0.4) is 0 Å². The zero-order valence-electron chi connectivity index (χ0n) is 13.7. The number of hydrogen-bond acceptors (Lipinski definition) is 4. The highest BCUT2D eigenvalue weighted by Crippen LogP contribution is 2.18. The molecule has 1 aromatic heterocycles. The lowest BCUT2D eigenvalue weighted by Crippen LogP contribution is -2.42. The molecule has 2 rings (SSSR count). The number of nitrogens with zero attached hydrogens (tertiary/aromatic N) is 2. The van der Waals surface area contributed by atoms with Gasteiger partial charge in [0.25, 0.3) is 0 Å². The van der Waals surface area contributed by atoms with Gasteiger partial charge in [-0.3, -0.25) is 0 Å². The van der Waals surface area contributed by atoms with Crippen LogP contribution in [0.2, 0.25) is 0 Å². The predicted octanol–water partition coefficient (Wildman–Crippen LogP) is 3.03. The summed E-state index contributed by atoms with van der Waals surface area (Å²) in [7, 11) is 0. The van der Waals surface area contributed by atoms with Gasteiger partial charge in [0, 0.05) is 24.2 Å². The fourth-order valence-corrected chi connectivity index (χ4v) is 3.00. The molecule has 1 heterocycles. The molecule has 0 saturated heterocycles. The third-order valence-corrected chi connectivity index (χ3v) is 4.64. The van der Waals surface area contributed by atoms with Gasteiger partial charge >= 0.3 is 6.03 Å². The van der Waals surface area contributed by atoms with Gasteiger partial charge in [0.1, 0.15) is 5.01 Å². The summed E-state index contributed by atoms with van der Waals surface area (Å²) >= 11 is 1.54. The molecule has 0 aliphatic heterocycles. The molecule has 0 unspecified atom stereocenters. The maximum Gasteiger partial charge on any atom is 0.318 e. The molecule has 23 heavy (non-hydrogen) atoms. The SMILES string of the molecule is Cc1ccc(CN(CCO)C(=O)N[C@@H](C)c2nc(C)cs2)cc1. The molecule has 0 aliphatic carbocycles. The molecular weight excluding hydrogens is 310 g/mol. The van der Waals surface area contributed by atoms with Crippen molar-refractivity contribution in [2.24, 2.45) is 0 Å². The number of aromatic nitrogens is 1. The van der Waals surface area contributed by atoms with E-state index in [0.29, 0.717) is 13.1 Å². The topological polar surface area (TPSA) is 65.5 Å². The molecule has 1 aromatic carbocycles. The Hall–Kier alpha value is -1.92. The lowest BCUT2D eigenvalue weighted by atomic mass is 10.1. The van der Waals surface area contributed by atoms with Crippen LogP contribution in [-0.4, -0.2) is 34.2 Å². The number of carbonyl (C=O) groups excluding carboxylic acids is 1. The zero-order chi connectivity index (χ0) is 16.8. The quantitative estimate of drug-likeness (QED) is 0.854. The number of aliphatic hydroxyl groups excluding tert-OH is 1. The molecule has 0 radical (unpaired) electrons. The number of amides is 2. The van der Waals surface area contributed by atoms with Crippen LogP contribution in [0.4, 0.5) is 4.79 Å². The highest BCUT2D eigenvalue weighted by Gasteiger charge is 2.18. The first-order chi connectivity index (χ1) is 11.0. The van der Waals surface area contributed by atoms with E-state index in [0.717, 1.165) is 16.3 Å². The first-order valence-electron chi connectivity index (χ1n) is 7.63. The molecular formula is C17H23N3O2S. The third-order valence-electron chi connectivity index (χ3n) is 3.50. The normalized spacial score (nSPS) is 12.0. The molecule has 6 heteroatoms. The fraction of sp³-hybridized carbons (Fsp3) is 0.412. The Labute approximate surface area is 141 Å². The Balaban J connectivity index is 2.01. The highest BCUT2D eigenvalue weighted by atomic mass is 32.1. The maximum absolute atomic E-state index is 12.5. The Bertz CT molecular complexity index is 640. The minimum Gasteiger partial charge on any atom is -0.395 e. The van der Waals surface area contributed by atoms with Gasteiger partial charge in [-0.05, 0) is 26.3 Å². The second-order valence-electron chi connectivity index (χ2n) is 5.63. The average Bonchev–Trinajstić information content (AvgIpc) is 2.95. The number of hydrogen-bond donors (Lipinski definition) is 2. The Kier molecular flexibility index (Phi) is 6.12. The summed E-state index contributed by atoms with van der Waals surface area (Å²) in [4.78, 5) is 18.5. The smallest absolute Gasteiger partial charge is 0.318 e. The summed E-state index contributed by atoms with van der Waals surface area (Å²) in [5.41, 5.74) is 3.18. The molecule has 2 amide bonds. The van der Waals surface area contributed by atoms with E-state index in [2.05, 4.69) is 10.3 Å². The molecule has 0 fully saturated rings. The van der Waals surface area contributed by atoms with Crippen LogP contribution >= 0.6 is 11.3 Å². The van der Waals surface area contributed by atoms with E-state index in [-0.39, 0.29) is 18.7 Å². The molecule has 2 aromatic rings. The van der Waals surface area contributed by atoms with Crippen molar-refractivity contribution in [1.82, 2.24) is 15.2 Å². The summed E-state index contributed by atoms with van der Waals surface area (Å²) in [5, 5.41) is 15.0. The molecule has 0 saturated carbocycles. The van der Waals surface area contributed by atoms with E-state index in [1.54, 1.807) is 4.90 Å². The lowest BCUT2D eigenvalue weighted by Gasteiger charge is -2.24. The van der Waals surface area contributed by atoms with Crippen LogP contribution in [0.15, 0.2) is 29.6 Å². The Morgan fingerprint density at radius 2 is 2.04 bits per heavy atom. The number of carbonyl (C=O) groups is 1. The highest BCUT2D eigenvalue weighted by molar-refractivity contribution is 7.09. The average molecular weight is 333 g/mol. The number of thiazole rings is 1. The van der Waals surface area contributed by atoms with Crippen molar-refractivity contribution in [2.45, 2.75) is 33.4 Å². The van der Waals surface area contributed by atoms with Crippen LogP contribution in [0.25, 0.3) is 0 Å². The fourth-order valence-electron chi connectivity index (χ4n) is 2.20. The minimum absolute atomic E-state index is 0.0655. The third kappa shape index (κ3) is 5.04. The Morgan fingerprint density at radius 1 is 1.35 bits per heavy atom. The van der Waals surface area contributed by atoms with Crippen molar-refractivity contribution in [2.75, 3.05) is 13.2 Å². The first kappa shape index (κ1) is 17.4. The number of benzene rings is 1. The van der Waals surface area contributed by atoms with Crippen LogP contribution in [0.5, 0.6) is 0 Å². The predicted molar refractivity (Wildman–Crippen MR) is 92.5 cm³/mol. The van der Waals surface area contributed by atoms with Gasteiger partial charge in [0.15, 0.2) is 0 Å². The van der Waals surface area contributed by atoms with Gasteiger partial charge in [-0.2, -0.15) is 0 Å². The van der Waals surface area contributed by atoms with E-state index in [1.165, 1.54) is 16.9 Å². The molecule has 2 N–H and O–H groups in total. The lowest BCUT2D eigenvalue weighted by molar-refractivity contribution is 0.171. The van der Waals surface area contributed by atoms with Gasteiger partial charge in [-0.1, -0.05) is 29.8 Å². The van der Waals surface area contributed by atoms with Crippen molar-refractivity contribution in [3.63, 3.8) is 0 Å². The first-order valence-corrected chi connectivity index (χ1v) is 8.51. The molecule has 0 spiro atoms. The largest absolute Gasteiger partial charge is 0.395 e. The number of rotatable bonds is 6. The second kappa shape index (κ2) is 8.08. The molecule has 5 nitrogen and oxygen atoms in total. The van der Waals surface area contributed by atoms with E-state index >= 15 is 0 Å². The van der Waals surface area contributed by atoms with E-state index in [9.17, 15) is 9.90 Å². The van der Waals surface area contributed by atoms with Gasteiger partial charge in [0.05, 0.1) is 12.6 Å². The van der Waals surface area contributed by atoms with E-state index < -0.39 is 0 Å². The molecule has 124 valence electrons. The van der Waals surface area contributed by atoms with E-state index in [1.807, 2.05) is 50.4 Å². The summed E-state index contributed by atoms with van der Waals surface area (Å²) in [6.45, 7) is 6.58. The summed E-state index contributed by atoms with van der Waals surface area (Å²) < 4.78 is 0. The summed E-state index contributed by atoms with van der Waals surface area (Å²) in [6, 6.07) is 7.69. The minimum atomic E-state index is -0.194. The number of nitrogens with one attached hydrogen (secondary N) is 1. The van der Waals surface area contributed by atoms with Crippen LogP contribution in [0, 0.1) is 13.8 Å². The van der Waals surface area contributed by atoms with Crippen molar-refractivity contribution in [3.8, 4) is 0 Å². The summed E-state index contributed by atoms with van der Waals surface area (Å²) in [5.74, 6) is 0. The van der Waals surface area contributed by atoms with Gasteiger partial charge in [0.2, 0.25) is 0 Å². The van der Waals surface area contributed by atoms with Gasteiger partial charge in [-0.25, -0.2) is 9.78 Å². The monoisotopic (exact) mass is 333 g/mol. The molecule has 0 bridgehead atoms. The van der Waals surface area contributed by atoms with Crippen molar-refractivity contribution < 1.29 is 9.90 Å². The number of aliphatic hydroxyl groups is 1. The van der Waals surface area contributed by atoms with Crippen LogP contribution in [0.1, 0.15) is 34.8 Å². The Morgan fingerprint density at radius 3 is 2.61 bits per heavy atom. The van der Waals surface area contributed by atoms with Crippen molar-refractivity contribution >= 4 is 17.4 Å². The van der Waals surface area contributed by atoms with Crippen molar-refractivity contribution in [3.05, 3.63) is 51.5 Å². The van der Waals surface area contributed by atoms with Gasteiger partial charge < -0.3 is 15.3 Å². The summed E-state index contributed by atoms with van der Waals surface area (Å²) in [6.07, 6.45) is 0. The van der Waals surface area contributed by atoms with Gasteiger partial charge in [-0.15, -0.1) is 11.3 Å². The second-order valence-corrected chi connectivity index (χ2v) is 6.52. The van der Waals surface area contributed by atoms with Crippen molar-refractivity contribution in [1.29, 1.82) is 0 Å².